The minimum Gasteiger partial charge on any atom is -0.481 e. The zero-order chi connectivity index (χ0) is 15.0. The van der Waals surface area contributed by atoms with Crippen LogP contribution < -0.4 is 0 Å². The molecule has 0 bridgehead atoms. The lowest BCUT2D eigenvalue weighted by atomic mass is 9.97. The van der Waals surface area contributed by atoms with Crippen molar-refractivity contribution in [1.82, 2.24) is 4.90 Å². The highest BCUT2D eigenvalue weighted by molar-refractivity contribution is 5.78. The van der Waals surface area contributed by atoms with Crippen molar-refractivity contribution in [2.24, 2.45) is 11.8 Å². The summed E-state index contributed by atoms with van der Waals surface area (Å²) in [5.74, 6) is -0.662. The predicted molar refractivity (Wildman–Crippen MR) is 73.4 cm³/mol. The van der Waals surface area contributed by atoms with Crippen LogP contribution in [0.15, 0.2) is 0 Å². The van der Waals surface area contributed by atoms with Crippen LogP contribution in [0.1, 0.15) is 26.7 Å². The van der Waals surface area contributed by atoms with Crippen LogP contribution in [0.4, 0.5) is 0 Å². The third kappa shape index (κ3) is 6.34. The molecule has 1 aliphatic heterocycles. The molecule has 1 rings (SSSR count). The van der Waals surface area contributed by atoms with Crippen molar-refractivity contribution >= 4 is 11.9 Å². The number of carboxylic acids is 1. The summed E-state index contributed by atoms with van der Waals surface area (Å²) >= 11 is 0. The molecule has 1 saturated heterocycles. The second-order valence-corrected chi connectivity index (χ2v) is 5.51. The fourth-order valence-corrected chi connectivity index (χ4v) is 2.06. The Labute approximate surface area is 120 Å². The lowest BCUT2D eigenvalue weighted by Crippen LogP contribution is -2.42. The van der Waals surface area contributed by atoms with Gasteiger partial charge in [-0.15, -0.1) is 0 Å². The second kappa shape index (κ2) is 8.92. The molecule has 6 heteroatoms. The highest BCUT2D eigenvalue weighted by Crippen LogP contribution is 2.17. The van der Waals surface area contributed by atoms with Gasteiger partial charge in [-0.25, -0.2) is 0 Å². The maximum atomic E-state index is 11.8. The van der Waals surface area contributed by atoms with E-state index < -0.39 is 5.97 Å². The Bertz CT molecular complexity index is 311. The Hall–Kier alpha value is -1.14. The highest BCUT2D eigenvalue weighted by atomic mass is 16.5. The van der Waals surface area contributed by atoms with Crippen LogP contribution in [-0.4, -0.2) is 61.4 Å². The number of nitrogens with zero attached hydrogens (tertiary/aromatic N) is 1. The molecule has 1 heterocycles. The van der Waals surface area contributed by atoms with Crippen molar-refractivity contribution in [3.05, 3.63) is 0 Å². The Kier molecular flexibility index (Phi) is 7.54. The molecule has 116 valence electrons. The number of hydrogen-bond donors (Lipinski definition) is 1. The average molecular weight is 287 g/mol. The van der Waals surface area contributed by atoms with E-state index in [-0.39, 0.29) is 18.4 Å². The largest absolute Gasteiger partial charge is 0.481 e. The smallest absolute Gasteiger partial charge is 0.306 e. The van der Waals surface area contributed by atoms with Crippen LogP contribution in [0.25, 0.3) is 0 Å². The van der Waals surface area contributed by atoms with E-state index in [0.29, 0.717) is 51.7 Å². The van der Waals surface area contributed by atoms with Gasteiger partial charge in [0, 0.05) is 19.7 Å². The normalized spacial score (nSPS) is 16.6. The van der Waals surface area contributed by atoms with Crippen molar-refractivity contribution in [3.63, 3.8) is 0 Å². The number of carbonyl (C=O) groups excluding carboxylic acids is 1. The first-order chi connectivity index (χ1) is 9.50. The number of rotatable bonds is 8. The lowest BCUT2D eigenvalue weighted by Gasteiger charge is -2.30. The molecule has 1 amide bonds. The van der Waals surface area contributed by atoms with E-state index in [4.69, 9.17) is 14.6 Å². The summed E-state index contributed by atoms with van der Waals surface area (Å²) in [6.45, 7) is 6.79. The second-order valence-electron chi connectivity index (χ2n) is 5.51. The number of ether oxygens (including phenoxy) is 2. The van der Waals surface area contributed by atoms with Gasteiger partial charge in [-0.2, -0.15) is 0 Å². The Morgan fingerprint density at radius 2 is 1.80 bits per heavy atom. The molecule has 0 unspecified atom stereocenters. The number of piperidine rings is 1. The van der Waals surface area contributed by atoms with Crippen LogP contribution in [-0.2, 0) is 19.1 Å². The first-order valence-electron chi connectivity index (χ1n) is 7.16. The quantitative estimate of drug-likeness (QED) is 0.674. The molecule has 0 aromatic carbocycles. The lowest BCUT2D eigenvalue weighted by molar-refractivity contribution is -0.147. The van der Waals surface area contributed by atoms with Gasteiger partial charge in [-0.05, 0) is 18.8 Å². The first-order valence-corrected chi connectivity index (χ1v) is 7.16. The standard InChI is InChI=1S/C14H25NO5/c1-11(2)9-19-7-8-20-10-13(16)15-5-3-12(4-6-15)14(17)18/h11-12H,3-10H2,1-2H3,(H,17,18). The van der Waals surface area contributed by atoms with Crippen molar-refractivity contribution < 1.29 is 24.2 Å². The topological polar surface area (TPSA) is 76.1 Å². The van der Waals surface area contributed by atoms with Crippen LogP contribution >= 0.6 is 0 Å². The molecule has 0 atom stereocenters. The summed E-state index contributed by atoms with van der Waals surface area (Å²) in [5.41, 5.74) is 0. The predicted octanol–water partition coefficient (Wildman–Crippen LogP) is 0.999. The van der Waals surface area contributed by atoms with Crippen LogP contribution in [0.5, 0.6) is 0 Å². The van der Waals surface area contributed by atoms with Gasteiger partial charge in [0.2, 0.25) is 5.91 Å². The minimum absolute atomic E-state index is 0.0444. The summed E-state index contributed by atoms with van der Waals surface area (Å²) in [6.07, 6.45) is 1.05. The highest BCUT2D eigenvalue weighted by Gasteiger charge is 2.26. The molecule has 0 aliphatic carbocycles. The summed E-state index contributed by atoms with van der Waals surface area (Å²) in [6, 6.07) is 0. The minimum atomic E-state index is -0.768. The van der Waals surface area contributed by atoms with E-state index in [1.54, 1.807) is 4.90 Å². The molecule has 1 N–H and O–H groups in total. The van der Waals surface area contributed by atoms with Crippen molar-refractivity contribution in [3.8, 4) is 0 Å². The molecule has 20 heavy (non-hydrogen) atoms. The van der Waals surface area contributed by atoms with E-state index in [2.05, 4.69) is 13.8 Å². The molecule has 0 aromatic rings. The van der Waals surface area contributed by atoms with Crippen LogP contribution in [0.2, 0.25) is 0 Å². The summed E-state index contributed by atoms with van der Waals surface area (Å²) in [7, 11) is 0. The van der Waals surface area contributed by atoms with Gasteiger partial charge >= 0.3 is 5.97 Å². The van der Waals surface area contributed by atoms with Gasteiger partial charge in [0.05, 0.1) is 19.1 Å². The fraction of sp³-hybridized carbons (Fsp3) is 0.857. The Balaban J connectivity index is 2.07. The summed E-state index contributed by atoms with van der Waals surface area (Å²) < 4.78 is 10.6. The van der Waals surface area contributed by atoms with E-state index in [1.807, 2.05) is 0 Å². The molecule has 0 saturated carbocycles. The number of aliphatic carboxylic acids is 1. The maximum absolute atomic E-state index is 11.8. The average Bonchev–Trinajstić information content (AvgIpc) is 2.42. The molecule has 6 nitrogen and oxygen atoms in total. The maximum Gasteiger partial charge on any atom is 0.306 e. The third-order valence-corrected chi connectivity index (χ3v) is 3.25. The molecule has 1 aliphatic rings. The van der Waals surface area contributed by atoms with E-state index in [0.717, 1.165) is 0 Å². The Morgan fingerprint density at radius 3 is 2.35 bits per heavy atom. The van der Waals surface area contributed by atoms with Crippen molar-refractivity contribution in [1.29, 1.82) is 0 Å². The summed E-state index contributed by atoms with van der Waals surface area (Å²) in [4.78, 5) is 24.3. The Morgan fingerprint density at radius 1 is 1.20 bits per heavy atom. The molecule has 0 spiro atoms. The van der Waals surface area contributed by atoms with Gasteiger partial charge in [0.25, 0.3) is 0 Å². The van der Waals surface area contributed by atoms with Crippen molar-refractivity contribution in [2.75, 3.05) is 39.5 Å². The molecular weight excluding hydrogens is 262 g/mol. The van der Waals surface area contributed by atoms with Crippen molar-refractivity contribution in [2.45, 2.75) is 26.7 Å². The van der Waals surface area contributed by atoms with Gasteiger partial charge < -0.3 is 19.5 Å². The van der Waals surface area contributed by atoms with Crippen LogP contribution in [0.3, 0.4) is 0 Å². The SMILES string of the molecule is CC(C)COCCOCC(=O)N1CCC(C(=O)O)CC1. The molecule has 1 fully saturated rings. The first kappa shape index (κ1) is 16.9. The summed E-state index contributed by atoms with van der Waals surface area (Å²) in [5, 5.41) is 8.88. The van der Waals surface area contributed by atoms with E-state index in [1.165, 1.54) is 0 Å². The number of hydrogen-bond acceptors (Lipinski definition) is 4. The number of carboxylic acid groups (broad SMARTS) is 1. The zero-order valence-electron chi connectivity index (χ0n) is 12.3. The third-order valence-electron chi connectivity index (χ3n) is 3.25. The molecular formula is C14H25NO5. The zero-order valence-corrected chi connectivity index (χ0v) is 12.3. The van der Waals surface area contributed by atoms with Gasteiger partial charge in [-0.1, -0.05) is 13.8 Å². The fourth-order valence-electron chi connectivity index (χ4n) is 2.06. The van der Waals surface area contributed by atoms with Crippen LogP contribution in [0, 0.1) is 11.8 Å². The van der Waals surface area contributed by atoms with Gasteiger partial charge in [0.15, 0.2) is 0 Å². The number of likely N-dealkylation sites (tertiary alicyclic amines) is 1. The molecule has 0 aromatic heterocycles. The van der Waals surface area contributed by atoms with Gasteiger partial charge in [0.1, 0.15) is 6.61 Å². The van der Waals surface area contributed by atoms with E-state index in [9.17, 15) is 9.59 Å². The number of carbonyl (C=O) groups is 2. The monoisotopic (exact) mass is 287 g/mol. The van der Waals surface area contributed by atoms with E-state index >= 15 is 0 Å². The number of amides is 1. The molecule has 0 radical (unpaired) electrons. The van der Waals surface area contributed by atoms with Gasteiger partial charge in [-0.3, -0.25) is 9.59 Å².